The second-order valence-corrected chi connectivity index (χ2v) is 6.53. The minimum Gasteiger partial charge on any atom is -0.493 e. The van der Waals surface area contributed by atoms with Gasteiger partial charge < -0.3 is 10.1 Å². The number of ether oxygens (including phenoxy) is 1. The number of rotatable bonds is 5. The van der Waals surface area contributed by atoms with E-state index in [0.29, 0.717) is 23.8 Å². The van der Waals surface area contributed by atoms with E-state index in [1.54, 1.807) is 0 Å². The highest BCUT2D eigenvalue weighted by atomic mass is 16.5. The normalized spacial score (nSPS) is 28.4. The minimum absolute atomic E-state index is 0.00526. The predicted molar refractivity (Wildman–Crippen MR) is 83.5 cm³/mol. The minimum atomic E-state index is -0.00526. The Bertz CT molecular complexity index is 514. The van der Waals surface area contributed by atoms with Gasteiger partial charge in [-0.2, -0.15) is 0 Å². The molecular weight excluding hydrogens is 262 g/mol. The van der Waals surface area contributed by atoms with Crippen molar-refractivity contribution in [1.82, 2.24) is 5.32 Å². The van der Waals surface area contributed by atoms with E-state index in [0.717, 1.165) is 11.8 Å². The SMILES string of the molecule is CCOc1ccccc1C(=O)N[C@H](C)[C@H]1C[C@H]2CC[C@H]1C2. The molecule has 0 unspecified atom stereocenters. The summed E-state index contributed by atoms with van der Waals surface area (Å²) in [7, 11) is 0. The van der Waals surface area contributed by atoms with E-state index in [9.17, 15) is 4.79 Å². The molecule has 3 rings (SSSR count). The molecular formula is C18H25NO2. The van der Waals surface area contributed by atoms with Crippen molar-refractivity contribution in [3.05, 3.63) is 29.8 Å². The predicted octanol–water partition coefficient (Wildman–Crippen LogP) is 3.64. The Balaban J connectivity index is 1.66. The van der Waals surface area contributed by atoms with Gasteiger partial charge in [0.2, 0.25) is 0 Å². The summed E-state index contributed by atoms with van der Waals surface area (Å²) in [6, 6.07) is 7.75. The first-order valence-corrected chi connectivity index (χ1v) is 8.21. The van der Waals surface area contributed by atoms with Crippen molar-refractivity contribution >= 4 is 5.91 Å². The molecule has 4 atom stereocenters. The van der Waals surface area contributed by atoms with E-state index in [-0.39, 0.29) is 11.9 Å². The third kappa shape index (κ3) is 2.92. The summed E-state index contributed by atoms with van der Waals surface area (Å²) in [5.74, 6) is 3.07. The van der Waals surface area contributed by atoms with Crippen LogP contribution in [0.2, 0.25) is 0 Å². The van der Waals surface area contributed by atoms with E-state index in [2.05, 4.69) is 12.2 Å². The molecule has 1 amide bonds. The number of benzene rings is 1. The van der Waals surface area contributed by atoms with Gasteiger partial charge in [0, 0.05) is 6.04 Å². The van der Waals surface area contributed by atoms with Crippen molar-refractivity contribution in [2.24, 2.45) is 17.8 Å². The lowest BCUT2D eigenvalue weighted by Gasteiger charge is -2.28. The highest BCUT2D eigenvalue weighted by Crippen LogP contribution is 2.49. The summed E-state index contributed by atoms with van der Waals surface area (Å²) in [6.07, 6.45) is 5.42. The van der Waals surface area contributed by atoms with Crippen LogP contribution in [0.5, 0.6) is 5.75 Å². The van der Waals surface area contributed by atoms with E-state index < -0.39 is 0 Å². The molecule has 1 aromatic carbocycles. The number of fused-ring (bicyclic) bond motifs is 2. The van der Waals surface area contributed by atoms with Crippen molar-refractivity contribution in [2.45, 2.75) is 45.6 Å². The molecule has 3 heteroatoms. The van der Waals surface area contributed by atoms with Crippen LogP contribution < -0.4 is 10.1 Å². The van der Waals surface area contributed by atoms with Crippen LogP contribution in [-0.2, 0) is 0 Å². The van der Waals surface area contributed by atoms with Crippen LogP contribution in [0.3, 0.4) is 0 Å². The summed E-state index contributed by atoms with van der Waals surface area (Å²) in [6.45, 7) is 4.67. The van der Waals surface area contributed by atoms with E-state index >= 15 is 0 Å². The number of amides is 1. The largest absolute Gasteiger partial charge is 0.493 e. The Morgan fingerprint density at radius 3 is 2.81 bits per heavy atom. The fraction of sp³-hybridized carbons (Fsp3) is 0.611. The van der Waals surface area contributed by atoms with E-state index in [1.807, 2.05) is 31.2 Å². The van der Waals surface area contributed by atoms with Gasteiger partial charge in [-0.1, -0.05) is 18.6 Å². The van der Waals surface area contributed by atoms with Crippen molar-refractivity contribution in [3.8, 4) is 5.75 Å². The number of carbonyl (C=O) groups is 1. The summed E-state index contributed by atoms with van der Waals surface area (Å²) in [5, 5.41) is 3.20. The fourth-order valence-corrected chi connectivity index (χ4v) is 4.23. The highest BCUT2D eigenvalue weighted by Gasteiger charge is 2.42. The quantitative estimate of drug-likeness (QED) is 0.898. The smallest absolute Gasteiger partial charge is 0.255 e. The number of para-hydroxylation sites is 1. The van der Waals surface area contributed by atoms with Crippen molar-refractivity contribution in [2.75, 3.05) is 6.61 Å². The third-order valence-corrected chi connectivity index (χ3v) is 5.23. The molecule has 0 saturated heterocycles. The second kappa shape index (κ2) is 6.08. The van der Waals surface area contributed by atoms with Crippen LogP contribution in [0.25, 0.3) is 0 Å². The van der Waals surface area contributed by atoms with Gasteiger partial charge in [0.15, 0.2) is 0 Å². The van der Waals surface area contributed by atoms with Gasteiger partial charge in [-0.3, -0.25) is 4.79 Å². The van der Waals surface area contributed by atoms with Crippen molar-refractivity contribution in [1.29, 1.82) is 0 Å². The Hall–Kier alpha value is -1.51. The Kier molecular flexibility index (Phi) is 4.18. The van der Waals surface area contributed by atoms with Crippen LogP contribution in [-0.4, -0.2) is 18.6 Å². The first-order valence-electron chi connectivity index (χ1n) is 8.21. The molecule has 0 aliphatic heterocycles. The Labute approximate surface area is 127 Å². The molecule has 2 aliphatic carbocycles. The molecule has 1 aromatic rings. The van der Waals surface area contributed by atoms with Crippen LogP contribution in [0.15, 0.2) is 24.3 Å². The average molecular weight is 287 g/mol. The topological polar surface area (TPSA) is 38.3 Å². The zero-order valence-electron chi connectivity index (χ0n) is 13.0. The van der Waals surface area contributed by atoms with Crippen molar-refractivity contribution < 1.29 is 9.53 Å². The van der Waals surface area contributed by atoms with Gasteiger partial charge in [-0.25, -0.2) is 0 Å². The lowest BCUT2D eigenvalue weighted by molar-refractivity contribution is 0.0911. The molecule has 0 radical (unpaired) electrons. The molecule has 2 bridgehead atoms. The molecule has 2 saturated carbocycles. The average Bonchev–Trinajstić information content (AvgIpc) is 3.10. The van der Waals surface area contributed by atoms with E-state index in [4.69, 9.17) is 4.74 Å². The van der Waals surface area contributed by atoms with Crippen LogP contribution in [0, 0.1) is 17.8 Å². The van der Waals surface area contributed by atoms with Gasteiger partial charge in [-0.15, -0.1) is 0 Å². The summed E-state index contributed by atoms with van der Waals surface area (Å²) in [4.78, 5) is 12.5. The molecule has 114 valence electrons. The zero-order valence-corrected chi connectivity index (χ0v) is 13.0. The maximum Gasteiger partial charge on any atom is 0.255 e. The maximum absolute atomic E-state index is 12.5. The van der Waals surface area contributed by atoms with Gasteiger partial charge in [-0.05, 0) is 63.0 Å². The number of hydrogen-bond donors (Lipinski definition) is 1. The Morgan fingerprint density at radius 1 is 1.33 bits per heavy atom. The van der Waals surface area contributed by atoms with Crippen LogP contribution in [0.1, 0.15) is 49.9 Å². The van der Waals surface area contributed by atoms with Crippen LogP contribution in [0.4, 0.5) is 0 Å². The van der Waals surface area contributed by atoms with Gasteiger partial charge >= 0.3 is 0 Å². The lowest BCUT2D eigenvalue weighted by Crippen LogP contribution is -2.40. The van der Waals surface area contributed by atoms with Gasteiger partial charge in [0.05, 0.1) is 12.2 Å². The molecule has 3 nitrogen and oxygen atoms in total. The molecule has 21 heavy (non-hydrogen) atoms. The lowest BCUT2D eigenvalue weighted by atomic mass is 9.84. The van der Waals surface area contributed by atoms with Gasteiger partial charge in [0.25, 0.3) is 5.91 Å². The fourth-order valence-electron chi connectivity index (χ4n) is 4.23. The molecule has 2 aliphatic rings. The molecule has 2 fully saturated rings. The third-order valence-electron chi connectivity index (χ3n) is 5.23. The zero-order chi connectivity index (χ0) is 14.8. The number of carbonyl (C=O) groups excluding carboxylic acids is 1. The van der Waals surface area contributed by atoms with Crippen LogP contribution >= 0.6 is 0 Å². The van der Waals surface area contributed by atoms with Crippen molar-refractivity contribution in [3.63, 3.8) is 0 Å². The first kappa shape index (κ1) is 14.4. The second-order valence-electron chi connectivity index (χ2n) is 6.53. The Morgan fingerprint density at radius 2 is 2.14 bits per heavy atom. The summed E-state index contributed by atoms with van der Waals surface area (Å²) < 4.78 is 5.55. The summed E-state index contributed by atoms with van der Waals surface area (Å²) in [5.41, 5.74) is 0.648. The molecule has 0 spiro atoms. The first-order chi connectivity index (χ1) is 10.2. The molecule has 0 aromatic heterocycles. The maximum atomic E-state index is 12.5. The highest BCUT2D eigenvalue weighted by molar-refractivity contribution is 5.97. The van der Waals surface area contributed by atoms with Gasteiger partial charge in [0.1, 0.15) is 5.75 Å². The monoisotopic (exact) mass is 287 g/mol. The standard InChI is InChI=1S/C18H25NO2/c1-3-21-17-7-5-4-6-15(17)18(20)19-12(2)16-11-13-8-9-14(16)10-13/h4-7,12-14,16H,3,8-11H2,1-2H3,(H,19,20)/t12-,13+,14+,16-/m1/s1. The number of hydrogen-bond acceptors (Lipinski definition) is 2. The molecule has 0 heterocycles. The number of nitrogens with one attached hydrogen (secondary N) is 1. The van der Waals surface area contributed by atoms with E-state index in [1.165, 1.54) is 25.7 Å². The summed E-state index contributed by atoms with van der Waals surface area (Å²) >= 11 is 0. The molecule has 1 N–H and O–H groups in total.